The lowest BCUT2D eigenvalue weighted by Crippen LogP contribution is -2.50. The van der Waals surface area contributed by atoms with Crippen LogP contribution >= 0.6 is 0 Å². The van der Waals surface area contributed by atoms with Crippen molar-refractivity contribution in [3.63, 3.8) is 0 Å². The molecule has 0 aliphatic carbocycles. The molecule has 2 aliphatic heterocycles. The van der Waals surface area contributed by atoms with Gasteiger partial charge < -0.3 is 23.3 Å². The van der Waals surface area contributed by atoms with Gasteiger partial charge in [0.1, 0.15) is 6.21 Å². The van der Waals surface area contributed by atoms with E-state index in [1.54, 1.807) is 18.2 Å². The van der Waals surface area contributed by atoms with Crippen LogP contribution in [0.1, 0.15) is 34.5 Å². The summed E-state index contributed by atoms with van der Waals surface area (Å²) in [7, 11) is 0. The van der Waals surface area contributed by atoms with Gasteiger partial charge in [0, 0.05) is 29.1 Å². The number of fused-ring (bicyclic) bond motifs is 2. The van der Waals surface area contributed by atoms with E-state index in [0.29, 0.717) is 30.1 Å². The summed E-state index contributed by atoms with van der Waals surface area (Å²) in [6.07, 6.45) is 9.12. The van der Waals surface area contributed by atoms with Crippen molar-refractivity contribution in [2.45, 2.75) is 20.3 Å². The van der Waals surface area contributed by atoms with Crippen molar-refractivity contribution in [3.05, 3.63) is 76.3 Å². The Morgan fingerprint density at radius 2 is 1.93 bits per heavy atom. The normalized spacial score (nSPS) is 17.4. The van der Waals surface area contributed by atoms with Crippen LogP contribution in [0.5, 0.6) is 0 Å². The van der Waals surface area contributed by atoms with Gasteiger partial charge in [-0.15, -0.1) is 0 Å². The topological polar surface area (TPSA) is 34.0 Å². The van der Waals surface area contributed by atoms with Gasteiger partial charge in [-0.05, 0) is 55.6 Å². The van der Waals surface area contributed by atoms with Gasteiger partial charge in [-0.25, -0.2) is 0 Å². The molecule has 1 aromatic heterocycles. The molecule has 27 heavy (non-hydrogen) atoms. The summed E-state index contributed by atoms with van der Waals surface area (Å²) in [5, 5.41) is 0. The number of halogens is 2. The fraction of sp³-hybridized carbons (Fsp3) is 0.190. The first-order valence-corrected chi connectivity index (χ1v) is 9.16. The lowest BCUT2D eigenvalue weighted by Gasteiger charge is -2.32. The Bertz CT molecular complexity index is 1040. The van der Waals surface area contributed by atoms with Gasteiger partial charge in [0.05, 0.1) is 0 Å². The number of hydrogen-bond donors (Lipinski definition) is 1. The molecule has 3 heterocycles. The molecule has 1 aromatic carbocycles. The summed E-state index contributed by atoms with van der Waals surface area (Å²) >= 11 is 0. The van der Waals surface area contributed by atoms with Gasteiger partial charge in [-0.3, -0.25) is 0 Å². The number of aryl methyl sites for hydroxylation is 2. The molecule has 0 saturated carbocycles. The SMILES string of the molecule is Cc1ccccc1/C=C/c1cc(C)c2n1[B-](F)(F)[N+]1=CC=CC1=C2CCN. The minimum absolute atomic E-state index is 0.415. The van der Waals surface area contributed by atoms with Crippen molar-refractivity contribution in [2.75, 3.05) is 6.54 Å². The van der Waals surface area contributed by atoms with Gasteiger partial charge >= 0.3 is 6.97 Å². The highest BCUT2D eigenvalue weighted by atomic mass is 19.2. The summed E-state index contributed by atoms with van der Waals surface area (Å²) in [4.78, 5) is 0. The molecule has 0 spiro atoms. The van der Waals surface area contributed by atoms with E-state index >= 15 is 8.63 Å². The van der Waals surface area contributed by atoms with Gasteiger partial charge in [-0.1, -0.05) is 30.3 Å². The molecular weight excluding hydrogens is 343 g/mol. The minimum atomic E-state index is -3.95. The molecular formula is C21H22BF2N3. The van der Waals surface area contributed by atoms with E-state index in [-0.39, 0.29) is 0 Å². The zero-order chi connectivity index (χ0) is 19.2. The molecule has 4 rings (SSSR count). The van der Waals surface area contributed by atoms with Crippen LogP contribution in [0.15, 0.2) is 48.2 Å². The maximum absolute atomic E-state index is 15.4. The van der Waals surface area contributed by atoms with Crippen molar-refractivity contribution in [2.24, 2.45) is 5.73 Å². The average Bonchev–Trinajstić information content (AvgIpc) is 3.24. The highest BCUT2D eigenvalue weighted by Crippen LogP contribution is 2.40. The average molecular weight is 365 g/mol. The Morgan fingerprint density at radius 1 is 1.15 bits per heavy atom. The molecule has 0 radical (unpaired) electrons. The first-order valence-electron chi connectivity index (χ1n) is 9.16. The summed E-state index contributed by atoms with van der Waals surface area (Å²) in [5.74, 6) is 0. The van der Waals surface area contributed by atoms with Crippen molar-refractivity contribution in [3.8, 4) is 0 Å². The van der Waals surface area contributed by atoms with E-state index in [1.165, 1.54) is 10.7 Å². The number of nitrogens with two attached hydrogens (primary N) is 1. The van der Waals surface area contributed by atoms with E-state index in [1.807, 2.05) is 50.3 Å². The lowest BCUT2D eigenvalue weighted by atomic mass is 9.86. The first-order chi connectivity index (χ1) is 12.9. The molecule has 0 fully saturated rings. The zero-order valence-electron chi connectivity index (χ0n) is 15.5. The summed E-state index contributed by atoms with van der Waals surface area (Å²) in [5.41, 5.74) is 11.3. The zero-order valence-corrected chi connectivity index (χ0v) is 15.5. The van der Waals surface area contributed by atoms with Crippen LogP contribution in [0.3, 0.4) is 0 Å². The molecule has 3 nitrogen and oxygen atoms in total. The molecule has 0 unspecified atom stereocenters. The van der Waals surface area contributed by atoms with Crippen molar-refractivity contribution < 1.29 is 13.1 Å². The Hall–Kier alpha value is -2.73. The van der Waals surface area contributed by atoms with E-state index < -0.39 is 6.97 Å². The van der Waals surface area contributed by atoms with Gasteiger partial charge in [-0.2, -0.15) is 0 Å². The fourth-order valence-corrected chi connectivity index (χ4v) is 4.03. The third kappa shape index (κ3) is 2.72. The number of nitrogens with zero attached hydrogens (tertiary/aromatic N) is 2. The Morgan fingerprint density at radius 3 is 2.67 bits per heavy atom. The first kappa shape index (κ1) is 17.7. The van der Waals surface area contributed by atoms with Crippen LogP contribution in [0.25, 0.3) is 17.7 Å². The molecule has 2 aliphatic rings. The summed E-state index contributed by atoms with van der Waals surface area (Å²) in [6.45, 7) is 0.359. The van der Waals surface area contributed by atoms with E-state index in [2.05, 4.69) is 0 Å². The summed E-state index contributed by atoms with van der Waals surface area (Å²) < 4.78 is 33.1. The van der Waals surface area contributed by atoms with Gasteiger partial charge in [0.2, 0.25) is 0 Å². The van der Waals surface area contributed by atoms with Crippen LogP contribution in [-0.2, 0) is 0 Å². The lowest BCUT2D eigenvalue weighted by molar-refractivity contribution is -0.356. The highest BCUT2D eigenvalue weighted by Gasteiger charge is 2.52. The molecule has 0 saturated heterocycles. The van der Waals surface area contributed by atoms with Crippen LogP contribution in [0, 0.1) is 13.8 Å². The number of allylic oxidation sites excluding steroid dienone is 2. The molecule has 6 heteroatoms. The number of benzene rings is 1. The second-order valence-electron chi connectivity index (χ2n) is 7.07. The Kier molecular flexibility index (Phi) is 4.23. The van der Waals surface area contributed by atoms with Crippen LogP contribution in [0.4, 0.5) is 8.63 Å². The predicted molar refractivity (Wildman–Crippen MR) is 109 cm³/mol. The highest BCUT2D eigenvalue weighted by molar-refractivity contribution is 6.58. The third-order valence-electron chi connectivity index (χ3n) is 5.29. The van der Waals surface area contributed by atoms with E-state index in [0.717, 1.165) is 26.7 Å². The molecule has 138 valence electrons. The van der Waals surface area contributed by atoms with E-state index in [9.17, 15) is 0 Å². The molecule has 0 bridgehead atoms. The molecule has 0 amide bonds. The van der Waals surface area contributed by atoms with Crippen LogP contribution in [0.2, 0.25) is 0 Å². The van der Waals surface area contributed by atoms with Gasteiger partial charge in [0.25, 0.3) is 0 Å². The Labute approximate surface area is 157 Å². The van der Waals surface area contributed by atoms with Crippen LogP contribution < -0.4 is 5.73 Å². The van der Waals surface area contributed by atoms with Crippen LogP contribution in [-0.4, -0.2) is 28.7 Å². The summed E-state index contributed by atoms with van der Waals surface area (Å²) in [6, 6.07) is 9.75. The van der Waals surface area contributed by atoms with E-state index in [4.69, 9.17) is 5.73 Å². The van der Waals surface area contributed by atoms with Gasteiger partial charge in [0.15, 0.2) is 5.70 Å². The quantitative estimate of drug-likeness (QED) is 0.809. The third-order valence-corrected chi connectivity index (χ3v) is 5.29. The maximum Gasteiger partial charge on any atom is 0.737 e. The number of hydrogen-bond acceptors (Lipinski definition) is 1. The molecule has 0 atom stereocenters. The largest absolute Gasteiger partial charge is 0.737 e. The van der Waals surface area contributed by atoms with Crippen molar-refractivity contribution in [1.82, 2.24) is 4.48 Å². The standard InChI is InChI=1S/C21H22BF2N3/c1-15-6-3-4-7-17(15)9-10-18-14-16(2)21-19(11-12-25)20-8-5-13-26(20)22(23,24)27(18)21/h3-10,13-14H,11-12,25H2,1-2H3/b10-9+. The smallest absolute Gasteiger partial charge is 0.390 e. The minimum Gasteiger partial charge on any atom is -0.390 e. The molecule has 2 N–H and O–H groups in total. The molecule has 2 aromatic rings. The maximum atomic E-state index is 15.4. The van der Waals surface area contributed by atoms with Crippen molar-refractivity contribution >= 4 is 30.9 Å². The second-order valence-corrected chi connectivity index (χ2v) is 7.07. The monoisotopic (exact) mass is 365 g/mol. The second kappa shape index (κ2) is 6.46. The predicted octanol–water partition coefficient (Wildman–Crippen LogP) is 4.22. The number of aromatic nitrogens is 1. The Balaban J connectivity index is 1.89. The van der Waals surface area contributed by atoms with Crippen molar-refractivity contribution in [1.29, 1.82) is 0 Å². The number of rotatable bonds is 4. The fourth-order valence-electron chi connectivity index (χ4n) is 4.03.